The molecule has 0 fully saturated rings. The molecule has 0 bridgehead atoms. The number of carbonyl (C=O) groups excluding carboxylic acids is 1. The Bertz CT molecular complexity index is 530. The fourth-order valence-electron chi connectivity index (χ4n) is 1.41. The molecular weight excluding hydrogens is 290 g/mol. The molecule has 0 heterocycles. The van der Waals surface area contributed by atoms with E-state index >= 15 is 0 Å². The lowest BCUT2D eigenvalue weighted by molar-refractivity contribution is 0.0944. The second kappa shape index (κ2) is 7.47. The lowest BCUT2D eigenvalue weighted by atomic mass is 10.2. The molecule has 0 aliphatic rings. The third-order valence-corrected chi connectivity index (χ3v) is 3.68. The lowest BCUT2D eigenvalue weighted by Crippen LogP contribution is -2.25. The molecular formula is C12H16ClNO4S. The van der Waals surface area contributed by atoms with Gasteiger partial charge in [-0.2, -0.15) is 0 Å². The van der Waals surface area contributed by atoms with Gasteiger partial charge in [0.25, 0.3) is 15.0 Å². The Hall–Kier alpha value is -1.11. The minimum atomic E-state index is -3.82. The Balaban J connectivity index is 2.58. The van der Waals surface area contributed by atoms with Crippen LogP contribution in [0, 0.1) is 0 Å². The molecule has 7 heteroatoms. The van der Waals surface area contributed by atoms with Gasteiger partial charge in [0.15, 0.2) is 0 Å². The number of hydrogen-bond donors (Lipinski definition) is 1. The van der Waals surface area contributed by atoms with E-state index in [1.165, 1.54) is 24.3 Å². The van der Waals surface area contributed by atoms with Crippen molar-refractivity contribution in [2.24, 2.45) is 0 Å². The van der Waals surface area contributed by atoms with Crippen LogP contribution in [-0.2, 0) is 13.8 Å². The van der Waals surface area contributed by atoms with E-state index < -0.39 is 9.05 Å². The first-order chi connectivity index (χ1) is 8.95. The smallest absolute Gasteiger partial charge is 0.261 e. The Morgan fingerprint density at radius 2 is 2.16 bits per heavy atom. The van der Waals surface area contributed by atoms with Crippen molar-refractivity contribution in [1.29, 1.82) is 0 Å². The van der Waals surface area contributed by atoms with Crippen LogP contribution in [0.5, 0.6) is 0 Å². The second-order valence-corrected chi connectivity index (χ2v) is 6.34. The first-order valence-electron chi connectivity index (χ1n) is 5.86. The fourth-order valence-corrected chi connectivity index (χ4v) is 2.21. The van der Waals surface area contributed by atoms with E-state index in [-0.39, 0.29) is 16.4 Å². The maximum absolute atomic E-state index is 11.8. The van der Waals surface area contributed by atoms with Gasteiger partial charge in [0.1, 0.15) is 0 Å². The summed E-state index contributed by atoms with van der Waals surface area (Å²) < 4.78 is 27.5. The van der Waals surface area contributed by atoms with Crippen LogP contribution < -0.4 is 5.32 Å². The fraction of sp³-hybridized carbons (Fsp3) is 0.417. The van der Waals surface area contributed by atoms with Gasteiger partial charge >= 0.3 is 0 Å². The van der Waals surface area contributed by atoms with Crippen molar-refractivity contribution in [3.8, 4) is 0 Å². The van der Waals surface area contributed by atoms with Gasteiger partial charge in [-0.15, -0.1) is 0 Å². The summed E-state index contributed by atoms with van der Waals surface area (Å²) in [5.41, 5.74) is 0.262. The van der Waals surface area contributed by atoms with Crippen molar-refractivity contribution >= 4 is 25.6 Å². The third-order valence-electron chi connectivity index (χ3n) is 2.33. The maximum atomic E-state index is 11.8. The van der Waals surface area contributed by atoms with Gasteiger partial charge in [0, 0.05) is 36.0 Å². The average molecular weight is 306 g/mol. The normalized spacial score (nSPS) is 11.3. The highest BCUT2D eigenvalue weighted by atomic mass is 35.7. The van der Waals surface area contributed by atoms with E-state index in [4.69, 9.17) is 15.4 Å². The lowest BCUT2D eigenvalue weighted by Gasteiger charge is -2.06. The van der Waals surface area contributed by atoms with E-state index in [0.29, 0.717) is 26.2 Å². The minimum Gasteiger partial charge on any atom is -0.382 e. The van der Waals surface area contributed by atoms with Crippen LogP contribution in [0.1, 0.15) is 23.7 Å². The molecule has 19 heavy (non-hydrogen) atoms. The molecule has 0 aliphatic heterocycles. The summed E-state index contributed by atoms with van der Waals surface area (Å²) in [7, 11) is 1.40. The molecule has 1 N–H and O–H groups in total. The molecule has 0 aliphatic carbocycles. The Kier molecular flexibility index (Phi) is 6.27. The summed E-state index contributed by atoms with van der Waals surface area (Å²) in [6, 6.07) is 5.60. The molecule has 1 aromatic carbocycles. The number of benzene rings is 1. The van der Waals surface area contributed by atoms with Crippen molar-refractivity contribution < 1.29 is 17.9 Å². The molecule has 0 spiro atoms. The Morgan fingerprint density at radius 3 is 2.79 bits per heavy atom. The topological polar surface area (TPSA) is 72.5 Å². The van der Waals surface area contributed by atoms with Crippen molar-refractivity contribution in [2.75, 3.05) is 19.8 Å². The van der Waals surface area contributed by atoms with Crippen LogP contribution in [0.15, 0.2) is 29.2 Å². The molecule has 1 rings (SSSR count). The van der Waals surface area contributed by atoms with Crippen molar-refractivity contribution in [3.05, 3.63) is 29.8 Å². The molecule has 106 valence electrons. The van der Waals surface area contributed by atoms with Gasteiger partial charge in [-0.05, 0) is 31.5 Å². The molecule has 1 amide bonds. The number of amides is 1. The Labute approximate surface area is 117 Å². The molecule has 0 unspecified atom stereocenters. The number of hydrogen-bond acceptors (Lipinski definition) is 4. The summed E-state index contributed by atoms with van der Waals surface area (Å²) >= 11 is 0. The van der Waals surface area contributed by atoms with Gasteiger partial charge in [-0.25, -0.2) is 8.42 Å². The average Bonchev–Trinajstić information content (AvgIpc) is 2.37. The molecule has 5 nitrogen and oxygen atoms in total. The highest BCUT2D eigenvalue weighted by molar-refractivity contribution is 8.13. The van der Waals surface area contributed by atoms with Crippen LogP contribution in [-0.4, -0.2) is 34.1 Å². The first-order valence-corrected chi connectivity index (χ1v) is 8.16. The molecule has 0 saturated carbocycles. The molecule has 0 radical (unpaired) electrons. The highest BCUT2D eigenvalue weighted by Crippen LogP contribution is 2.16. The van der Waals surface area contributed by atoms with Gasteiger partial charge in [-0.1, -0.05) is 6.07 Å². The van der Waals surface area contributed by atoms with Crippen molar-refractivity contribution in [1.82, 2.24) is 5.32 Å². The summed E-state index contributed by atoms with van der Waals surface area (Å²) in [6.07, 6.45) is 0.701. The van der Waals surface area contributed by atoms with E-state index in [2.05, 4.69) is 5.32 Å². The summed E-state index contributed by atoms with van der Waals surface area (Å²) in [4.78, 5) is 11.7. The van der Waals surface area contributed by atoms with Gasteiger partial charge in [0.2, 0.25) is 0 Å². The zero-order chi connectivity index (χ0) is 14.3. The van der Waals surface area contributed by atoms with Crippen molar-refractivity contribution in [3.63, 3.8) is 0 Å². The number of halogens is 1. The molecule has 1 aromatic rings. The standard InChI is InChI=1S/C12H16ClNO4S/c1-2-18-8-4-7-14-12(15)10-5-3-6-11(9-10)19(13,16)17/h3,5-6,9H,2,4,7-8H2,1H3,(H,14,15). The largest absolute Gasteiger partial charge is 0.382 e. The van der Waals surface area contributed by atoms with Crippen LogP contribution in [0.2, 0.25) is 0 Å². The van der Waals surface area contributed by atoms with Crippen molar-refractivity contribution in [2.45, 2.75) is 18.2 Å². The maximum Gasteiger partial charge on any atom is 0.261 e. The van der Waals surface area contributed by atoms with Gasteiger partial charge in [-0.3, -0.25) is 4.79 Å². The predicted molar refractivity (Wildman–Crippen MR) is 72.9 cm³/mol. The predicted octanol–water partition coefficient (Wildman–Crippen LogP) is 1.77. The zero-order valence-electron chi connectivity index (χ0n) is 10.6. The zero-order valence-corrected chi connectivity index (χ0v) is 12.1. The monoisotopic (exact) mass is 305 g/mol. The second-order valence-electron chi connectivity index (χ2n) is 3.77. The number of rotatable bonds is 7. The third kappa shape index (κ3) is 5.59. The van der Waals surface area contributed by atoms with Crippen LogP contribution in [0.4, 0.5) is 0 Å². The van der Waals surface area contributed by atoms with E-state index in [0.717, 1.165) is 0 Å². The first kappa shape index (κ1) is 15.9. The summed E-state index contributed by atoms with van der Waals surface area (Å²) in [5, 5.41) is 2.68. The summed E-state index contributed by atoms with van der Waals surface area (Å²) in [5.74, 6) is -0.335. The van der Waals surface area contributed by atoms with E-state index in [1.807, 2.05) is 6.92 Å². The molecule has 0 aromatic heterocycles. The Morgan fingerprint density at radius 1 is 1.42 bits per heavy atom. The number of ether oxygens (including phenoxy) is 1. The summed E-state index contributed by atoms with van der Waals surface area (Å²) in [6.45, 7) is 3.59. The van der Waals surface area contributed by atoms with E-state index in [1.54, 1.807) is 0 Å². The van der Waals surface area contributed by atoms with Gasteiger partial charge < -0.3 is 10.1 Å². The molecule has 0 atom stereocenters. The number of carbonyl (C=O) groups is 1. The number of nitrogens with one attached hydrogen (secondary N) is 1. The van der Waals surface area contributed by atoms with Gasteiger partial charge in [0.05, 0.1) is 4.90 Å². The van der Waals surface area contributed by atoms with Crippen LogP contribution in [0.25, 0.3) is 0 Å². The van der Waals surface area contributed by atoms with Crippen LogP contribution in [0.3, 0.4) is 0 Å². The SMILES string of the molecule is CCOCCCNC(=O)c1cccc(S(=O)(=O)Cl)c1. The minimum absolute atomic E-state index is 0.0869. The molecule has 0 saturated heterocycles. The van der Waals surface area contributed by atoms with E-state index in [9.17, 15) is 13.2 Å². The quantitative estimate of drug-likeness (QED) is 0.615. The van der Waals surface area contributed by atoms with Crippen LogP contribution >= 0.6 is 10.7 Å². The highest BCUT2D eigenvalue weighted by Gasteiger charge is 2.12.